The Balaban J connectivity index is 2.53. The van der Waals surface area contributed by atoms with E-state index in [1.807, 2.05) is 5.48 Å². The first-order valence-corrected chi connectivity index (χ1v) is 3.83. The summed E-state index contributed by atoms with van der Waals surface area (Å²) in [5.74, 6) is -1.07. The highest BCUT2D eigenvalue weighted by Crippen LogP contribution is 2.22. The van der Waals surface area contributed by atoms with Crippen molar-refractivity contribution in [2.75, 3.05) is 0 Å². The lowest BCUT2D eigenvalue weighted by atomic mass is 10.3. The maximum absolute atomic E-state index is 11.0. The molecule has 0 fully saturated rings. The zero-order chi connectivity index (χ0) is 12.6. The maximum atomic E-state index is 11.0. The van der Waals surface area contributed by atoms with Gasteiger partial charge in [-0.2, -0.15) is 0 Å². The van der Waals surface area contributed by atoms with Gasteiger partial charge in [-0.05, 0) is 14.8 Å². The van der Waals surface area contributed by atoms with Crippen molar-refractivity contribution in [1.82, 2.24) is 15.8 Å². The summed E-state index contributed by atoms with van der Waals surface area (Å²) < 4.78 is 4.07. The highest BCUT2D eigenvalue weighted by atomic mass is 16.9. The van der Waals surface area contributed by atoms with E-state index in [2.05, 4.69) is 14.7 Å². The first kappa shape index (κ1) is 10.6. The van der Waals surface area contributed by atoms with Crippen LogP contribution in [0.15, 0.2) is 16.6 Å². The summed E-state index contributed by atoms with van der Waals surface area (Å²) in [6.45, 7) is 0. The van der Waals surface area contributed by atoms with Crippen LogP contribution >= 0.6 is 0 Å². The summed E-state index contributed by atoms with van der Waals surface area (Å²) in [5, 5.41) is 33.7. The fourth-order valence-electron chi connectivity index (χ4n) is 1.08. The number of hydrogen-bond donors (Lipinski definition) is 1. The third kappa shape index (κ3) is 1.55. The molecular formula is C4H2N6O7. The number of nitrogens with one attached hydrogen (secondary N) is 1. The van der Waals surface area contributed by atoms with Gasteiger partial charge in [0.05, 0.1) is 0 Å². The van der Waals surface area contributed by atoms with Crippen LogP contribution in [0, 0.1) is 25.4 Å². The number of hydroxylamine groups is 2. The van der Waals surface area contributed by atoms with E-state index in [0.29, 0.717) is 0 Å². The standard InChI is InChI=1S/C4H2N6O7/c11-8(12)4-3(2-1-5-16-9(2)13)6-17-7(4)10(14)15/h1,6H. The predicted octanol–water partition coefficient (Wildman–Crippen LogP) is -1.85. The molecular weight excluding hydrogens is 244 g/mol. The smallest absolute Gasteiger partial charge is 0.359 e. The van der Waals surface area contributed by atoms with E-state index < -0.39 is 27.2 Å². The molecule has 0 spiro atoms. The van der Waals surface area contributed by atoms with Crippen LogP contribution in [-0.4, -0.2) is 20.3 Å². The summed E-state index contributed by atoms with van der Waals surface area (Å²) in [6.07, 6.45) is 0.839. The van der Waals surface area contributed by atoms with Crippen molar-refractivity contribution in [3.05, 3.63) is 43.1 Å². The lowest BCUT2D eigenvalue weighted by Gasteiger charge is -1.96. The lowest BCUT2D eigenvalue weighted by molar-refractivity contribution is -0.804. The molecule has 0 amide bonds. The van der Waals surface area contributed by atoms with Crippen LogP contribution in [0.3, 0.4) is 0 Å². The Morgan fingerprint density at radius 2 is 2.18 bits per heavy atom. The molecule has 90 valence electrons. The van der Waals surface area contributed by atoms with Crippen molar-refractivity contribution in [3.63, 3.8) is 0 Å². The largest absolute Gasteiger partial charge is 0.456 e. The summed E-state index contributed by atoms with van der Waals surface area (Å²) in [5.41, 5.74) is 0.896. The van der Waals surface area contributed by atoms with E-state index in [0.717, 1.165) is 6.20 Å². The number of hydrazine groups is 1. The molecule has 0 radical (unpaired) electrons. The van der Waals surface area contributed by atoms with Gasteiger partial charge in [-0.3, -0.25) is 4.63 Å². The Morgan fingerprint density at radius 1 is 1.47 bits per heavy atom. The molecule has 13 nitrogen and oxygen atoms in total. The molecule has 1 aliphatic heterocycles. The molecule has 0 bridgehead atoms. The number of nitro groups is 2. The fraction of sp³-hybridized carbons (Fsp3) is 0. The molecule has 0 saturated heterocycles. The van der Waals surface area contributed by atoms with Crippen molar-refractivity contribution in [1.29, 1.82) is 0 Å². The monoisotopic (exact) mass is 246 g/mol. The Kier molecular flexibility index (Phi) is 2.21. The lowest BCUT2D eigenvalue weighted by Crippen LogP contribution is -2.30. The minimum Gasteiger partial charge on any atom is -0.359 e. The average Bonchev–Trinajstić information content (AvgIpc) is 2.82. The van der Waals surface area contributed by atoms with Crippen LogP contribution in [0.1, 0.15) is 5.69 Å². The van der Waals surface area contributed by atoms with Crippen LogP contribution in [0.25, 0.3) is 5.70 Å². The highest BCUT2D eigenvalue weighted by molar-refractivity contribution is 5.59. The van der Waals surface area contributed by atoms with Crippen molar-refractivity contribution in [2.24, 2.45) is 0 Å². The number of hydrogen-bond acceptors (Lipinski definition) is 9. The second-order valence-corrected chi connectivity index (χ2v) is 2.62. The number of aromatic nitrogens is 2. The Hall–Kier alpha value is -2.96. The molecule has 1 N–H and O–H groups in total. The first-order chi connectivity index (χ1) is 8.02. The summed E-state index contributed by atoms with van der Waals surface area (Å²) in [6, 6.07) is 0. The predicted molar refractivity (Wildman–Crippen MR) is 42.4 cm³/mol. The van der Waals surface area contributed by atoms with E-state index in [-0.39, 0.29) is 10.1 Å². The molecule has 2 rings (SSSR count). The third-order valence-corrected chi connectivity index (χ3v) is 1.71. The SMILES string of the molecule is O=[N+]([O-])C1=C(c2cno[n+]2[O-])NON1[N+](=O)[O-]. The zero-order valence-corrected chi connectivity index (χ0v) is 7.67. The van der Waals surface area contributed by atoms with Crippen molar-refractivity contribution in [2.45, 2.75) is 0 Å². The topological polar surface area (TPSA) is 164 Å². The van der Waals surface area contributed by atoms with E-state index in [4.69, 9.17) is 0 Å². The van der Waals surface area contributed by atoms with Crippen LogP contribution in [0.4, 0.5) is 0 Å². The van der Waals surface area contributed by atoms with Gasteiger partial charge >= 0.3 is 5.82 Å². The van der Waals surface area contributed by atoms with E-state index in [1.165, 1.54) is 0 Å². The summed E-state index contributed by atoms with van der Waals surface area (Å²) in [7, 11) is 0. The van der Waals surface area contributed by atoms with Gasteiger partial charge in [0, 0.05) is 5.16 Å². The van der Waals surface area contributed by atoms with Gasteiger partial charge in [-0.1, -0.05) is 0 Å². The molecule has 0 aliphatic carbocycles. The van der Waals surface area contributed by atoms with Crippen LogP contribution < -0.4 is 10.4 Å². The Labute approximate surface area is 90.2 Å². The third-order valence-electron chi connectivity index (χ3n) is 1.71. The zero-order valence-electron chi connectivity index (χ0n) is 7.67. The maximum Gasteiger partial charge on any atom is 0.456 e. The van der Waals surface area contributed by atoms with E-state index in [9.17, 15) is 25.4 Å². The van der Waals surface area contributed by atoms with Crippen LogP contribution in [0.2, 0.25) is 0 Å². The highest BCUT2D eigenvalue weighted by Gasteiger charge is 2.49. The summed E-state index contributed by atoms with van der Waals surface area (Å²) in [4.78, 5) is 24.0. The molecule has 0 saturated carbocycles. The molecule has 0 atom stereocenters. The van der Waals surface area contributed by atoms with Gasteiger partial charge in [0.15, 0.2) is 0 Å². The number of nitrogens with zero attached hydrogens (tertiary/aromatic N) is 5. The van der Waals surface area contributed by atoms with Crippen molar-refractivity contribution in [3.8, 4) is 0 Å². The van der Waals surface area contributed by atoms with E-state index in [1.54, 1.807) is 0 Å². The minimum atomic E-state index is -1.18. The van der Waals surface area contributed by atoms with Crippen LogP contribution in [-0.2, 0) is 4.94 Å². The molecule has 13 heteroatoms. The first-order valence-electron chi connectivity index (χ1n) is 3.83. The second-order valence-electron chi connectivity index (χ2n) is 2.62. The Bertz CT molecular complexity index is 520. The normalized spacial score (nSPS) is 14.9. The molecule has 1 aromatic rings. The van der Waals surface area contributed by atoms with Gasteiger partial charge in [-0.25, -0.2) is 15.6 Å². The van der Waals surface area contributed by atoms with E-state index >= 15 is 0 Å². The summed E-state index contributed by atoms with van der Waals surface area (Å²) >= 11 is 0. The second kappa shape index (κ2) is 3.56. The molecule has 1 aromatic heterocycles. The van der Waals surface area contributed by atoms with Crippen molar-refractivity contribution < 1.29 is 24.4 Å². The van der Waals surface area contributed by atoms with Gasteiger partial charge in [0.1, 0.15) is 0 Å². The quantitative estimate of drug-likeness (QED) is 0.363. The molecule has 17 heavy (non-hydrogen) atoms. The van der Waals surface area contributed by atoms with Gasteiger partial charge in [0.2, 0.25) is 17.1 Å². The van der Waals surface area contributed by atoms with Crippen molar-refractivity contribution >= 4 is 5.70 Å². The average molecular weight is 246 g/mol. The molecule has 1 aliphatic rings. The Morgan fingerprint density at radius 3 is 2.65 bits per heavy atom. The molecule has 2 heterocycles. The van der Waals surface area contributed by atoms with Gasteiger partial charge in [-0.15, -0.1) is 0 Å². The number of rotatable bonds is 3. The van der Waals surface area contributed by atoms with Gasteiger partial charge < -0.3 is 15.3 Å². The minimum absolute atomic E-state index is 0.168. The molecule has 0 unspecified atom stereocenters. The van der Waals surface area contributed by atoms with Gasteiger partial charge in [0.25, 0.3) is 10.7 Å². The fourth-order valence-corrected chi connectivity index (χ4v) is 1.08. The molecule has 0 aromatic carbocycles. The van der Waals surface area contributed by atoms with Crippen LogP contribution in [0.5, 0.6) is 0 Å².